The van der Waals surface area contributed by atoms with Crippen molar-refractivity contribution in [2.24, 2.45) is 0 Å². The van der Waals surface area contributed by atoms with Gasteiger partial charge in [-0.05, 0) is 32.2 Å². The van der Waals surface area contributed by atoms with Crippen LogP contribution in [-0.4, -0.2) is 8.51 Å². The minimum atomic E-state index is -1.37. The van der Waals surface area contributed by atoms with Gasteiger partial charge in [-0.3, -0.25) is 4.79 Å². The van der Waals surface area contributed by atoms with Crippen LogP contribution in [0.3, 0.4) is 0 Å². The van der Waals surface area contributed by atoms with Crippen LogP contribution in [0, 0.1) is 0 Å². The normalized spacial score (nSPS) is 13.1. The van der Waals surface area contributed by atoms with Crippen LogP contribution in [0.2, 0.25) is 0 Å². The molecule has 0 aromatic carbocycles. The van der Waals surface area contributed by atoms with Crippen molar-refractivity contribution in [3.05, 3.63) is 33.9 Å². The summed E-state index contributed by atoms with van der Waals surface area (Å²) in [6.45, 7) is 5.65. The van der Waals surface area contributed by atoms with Crippen molar-refractivity contribution in [2.75, 3.05) is 0 Å². The van der Waals surface area contributed by atoms with E-state index in [0.717, 1.165) is 4.88 Å². The molecule has 16 heavy (non-hydrogen) atoms. The van der Waals surface area contributed by atoms with Crippen molar-refractivity contribution < 1.29 is 4.55 Å². The van der Waals surface area contributed by atoms with Gasteiger partial charge in [0.25, 0.3) is 5.56 Å². The lowest BCUT2D eigenvalue weighted by atomic mass is 10.1. The van der Waals surface area contributed by atoms with Gasteiger partial charge in [0.1, 0.15) is 0 Å². The molecular weight excluding hydrogens is 242 g/mol. The minimum absolute atomic E-state index is 0.172. The van der Waals surface area contributed by atoms with Gasteiger partial charge in [0.05, 0.1) is 16.5 Å². The molecule has 0 aliphatic carbocycles. The van der Waals surface area contributed by atoms with Crippen molar-refractivity contribution in [1.82, 2.24) is 3.96 Å². The summed E-state index contributed by atoms with van der Waals surface area (Å²) >= 11 is 1.50. The molecule has 0 amide bonds. The summed E-state index contributed by atoms with van der Waals surface area (Å²) < 4.78 is 13.6. The van der Waals surface area contributed by atoms with E-state index in [9.17, 15) is 9.35 Å². The second kappa shape index (κ2) is 3.84. The Kier molecular flexibility index (Phi) is 2.77. The Morgan fingerprint density at radius 2 is 2.12 bits per heavy atom. The fraction of sp³-hybridized carbons (Fsp3) is 0.364. The first-order valence-electron chi connectivity index (χ1n) is 4.93. The Bertz CT molecular complexity index is 544. The van der Waals surface area contributed by atoms with E-state index in [4.69, 9.17) is 0 Å². The van der Waals surface area contributed by atoms with E-state index in [0.29, 0.717) is 4.88 Å². The van der Waals surface area contributed by atoms with E-state index in [1.54, 1.807) is 0 Å². The summed E-state index contributed by atoms with van der Waals surface area (Å²) in [7, 11) is -1.37. The third-order valence-electron chi connectivity index (χ3n) is 2.18. The Labute approximate surface area is 101 Å². The highest BCUT2D eigenvalue weighted by Gasteiger charge is 2.27. The van der Waals surface area contributed by atoms with Crippen LogP contribution in [0.4, 0.5) is 0 Å². The van der Waals surface area contributed by atoms with Crippen LogP contribution in [-0.2, 0) is 5.54 Å². The van der Waals surface area contributed by atoms with Crippen molar-refractivity contribution >= 4 is 22.3 Å². The zero-order valence-corrected chi connectivity index (χ0v) is 11.0. The average Bonchev–Trinajstić information content (AvgIpc) is 2.71. The molecule has 2 rings (SSSR count). The minimum Gasteiger partial charge on any atom is -0.570 e. The SMILES string of the molecule is CC(C)(C)n1c(=O)cc(-c2cccs2)[s+]1[O-]. The zero-order valence-electron chi connectivity index (χ0n) is 9.39. The van der Waals surface area contributed by atoms with Gasteiger partial charge in [-0.15, -0.1) is 15.3 Å². The summed E-state index contributed by atoms with van der Waals surface area (Å²) in [5.74, 6) is 0. The lowest BCUT2D eigenvalue weighted by Gasteiger charge is -2.17. The van der Waals surface area contributed by atoms with Crippen LogP contribution in [0.1, 0.15) is 20.8 Å². The number of hydrogen-bond acceptors (Lipinski definition) is 3. The lowest BCUT2D eigenvalue weighted by molar-refractivity contribution is 0.400. The van der Waals surface area contributed by atoms with Crippen LogP contribution >= 0.6 is 22.3 Å². The molecule has 2 aromatic rings. The van der Waals surface area contributed by atoms with E-state index in [2.05, 4.69) is 0 Å². The molecule has 0 aliphatic heterocycles. The second-order valence-corrected chi connectivity index (χ2v) is 6.79. The van der Waals surface area contributed by atoms with Crippen molar-refractivity contribution in [2.45, 2.75) is 26.3 Å². The molecule has 86 valence electrons. The predicted octanol–water partition coefficient (Wildman–Crippen LogP) is 3.06. The molecule has 0 N–H and O–H groups in total. The molecule has 5 heteroatoms. The van der Waals surface area contributed by atoms with Crippen molar-refractivity contribution in [3.63, 3.8) is 0 Å². The molecule has 0 radical (unpaired) electrons. The fourth-order valence-electron chi connectivity index (χ4n) is 1.56. The van der Waals surface area contributed by atoms with E-state index < -0.39 is 16.5 Å². The molecule has 0 spiro atoms. The topological polar surface area (TPSA) is 45.1 Å². The number of rotatable bonds is 1. The summed E-state index contributed by atoms with van der Waals surface area (Å²) in [5.41, 5.74) is -0.591. The highest BCUT2D eigenvalue weighted by molar-refractivity contribution is 7.26. The monoisotopic (exact) mass is 255 g/mol. The Morgan fingerprint density at radius 3 is 2.56 bits per heavy atom. The van der Waals surface area contributed by atoms with Gasteiger partial charge < -0.3 is 4.55 Å². The Balaban J connectivity index is 2.65. The molecule has 0 aliphatic rings. The van der Waals surface area contributed by atoms with Crippen LogP contribution in [0.5, 0.6) is 0 Å². The molecule has 2 aromatic heterocycles. The second-order valence-electron chi connectivity index (χ2n) is 4.54. The first kappa shape index (κ1) is 11.6. The van der Waals surface area contributed by atoms with Crippen molar-refractivity contribution in [3.8, 4) is 9.75 Å². The number of aromatic nitrogens is 1. The molecule has 0 fully saturated rings. The molecular formula is C11H13NO2S2. The Morgan fingerprint density at radius 1 is 1.44 bits per heavy atom. The maximum Gasteiger partial charge on any atom is 0.297 e. The number of nitrogens with zero attached hydrogens (tertiary/aromatic N) is 1. The molecule has 0 bridgehead atoms. The van der Waals surface area contributed by atoms with Crippen LogP contribution in [0.25, 0.3) is 9.75 Å². The van der Waals surface area contributed by atoms with Gasteiger partial charge >= 0.3 is 0 Å². The van der Waals surface area contributed by atoms with Gasteiger partial charge in [0, 0.05) is 10.9 Å². The van der Waals surface area contributed by atoms with Gasteiger partial charge in [-0.25, -0.2) is 0 Å². The molecule has 3 nitrogen and oxygen atoms in total. The van der Waals surface area contributed by atoms with Crippen molar-refractivity contribution in [1.29, 1.82) is 0 Å². The first-order chi connectivity index (χ1) is 7.41. The maximum atomic E-state index is 12.2. The summed E-state index contributed by atoms with van der Waals surface area (Å²) in [6.07, 6.45) is 0. The van der Waals surface area contributed by atoms with E-state index in [1.165, 1.54) is 21.4 Å². The van der Waals surface area contributed by atoms with Gasteiger partial charge in [0.15, 0.2) is 0 Å². The zero-order chi connectivity index (χ0) is 11.9. The van der Waals surface area contributed by atoms with E-state index in [1.807, 2.05) is 38.3 Å². The van der Waals surface area contributed by atoms with Crippen LogP contribution in [0.15, 0.2) is 28.4 Å². The first-order valence-corrected chi connectivity index (χ1v) is 6.91. The van der Waals surface area contributed by atoms with Gasteiger partial charge in [-0.1, -0.05) is 6.07 Å². The smallest absolute Gasteiger partial charge is 0.297 e. The third-order valence-corrected chi connectivity index (χ3v) is 4.99. The average molecular weight is 255 g/mol. The maximum absolute atomic E-state index is 12.2. The van der Waals surface area contributed by atoms with Gasteiger partial charge in [0.2, 0.25) is 4.88 Å². The third kappa shape index (κ3) is 1.86. The highest BCUT2D eigenvalue weighted by atomic mass is 32.2. The molecule has 1 atom stereocenters. The molecule has 0 saturated heterocycles. The lowest BCUT2D eigenvalue weighted by Crippen LogP contribution is -2.30. The van der Waals surface area contributed by atoms with E-state index in [-0.39, 0.29) is 5.56 Å². The number of thiophene rings is 1. The van der Waals surface area contributed by atoms with E-state index >= 15 is 0 Å². The standard InChI is InChI=1S/C11H13NO2S2/c1-11(2,3)12-10(13)7-9(16(12)14)8-5-4-6-15-8/h4-7H,1-3H3. The largest absolute Gasteiger partial charge is 0.570 e. The highest BCUT2D eigenvalue weighted by Crippen LogP contribution is 2.35. The summed E-state index contributed by atoms with van der Waals surface area (Å²) in [6, 6.07) is 5.25. The molecule has 0 saturated carbocycles. The number of hydrogen-bond donors (Lipinski definition) is 0. The quantitative estimate of drug-likeness (QED) is 0.735. The summed E-state index contributed by atoms with van der Waals surface area (Å²) in [5, 5.41) is 1.91. The molecule has 2 heterocycles. The van der Waals surface area contributed by atoms with Crippen LogP contribution < -0.4 is 5.56 Å². The fourth-order valence-corrected chi connectivity index (χ4v) is 3.90. The predicted molar refractivity (Wildman–Crippen MR) is 67.7 cm³/mol. The summed E-state index contributed by atoms with van der Waals surface area (Å²) in [4.78, 5) is 13.3. The molecule has 1 unspecified atom stereocenters. The van der Waals surface area contributed by atoms with Gasteiger partial charge in [-0.2, -0.15) is 0 Å². The Hall–Kier alpha value is -0.910.